The van der Waals surface area contributed by atoms with Gasteiger partial charge >= 0.3 is 0 Å². The zero-order valence-corrected chi connectivity index (χ0v) is 10.3. The van der Waals surface area contributed by atoms with Crippen molar-refractivity contribution in [2.45, 2.75) is 32.2 Å². The summed E-state index contributed by atoms with van der Waals surface area (Å²) in [4.78, 5) is 25.8. The largest absolute Gasteiger partial charge is 0.354 e. The number of piperidine rings is 1. The van der Waals surface area contributed by atoms with Crippen LogP contribution in [-0.4, -0.2) is 42.4 Å². The summed E-state index contributed by atoms with van der Waals surface area (Å²) < 4.78 is 0. The number of carbonyl (C=O) groups is 2. The van der Waals surface area contributed by atoms with Crippen molar-refractivity contribution < 1.29 is 9.59 Å². The van der Waals surface area contributed by atoms with Crippen molar-refractivity contribution in [3.63, 3.8) is 0 Å². The molecule has 2 fully saturated rings. The van der Waals surface area contributed by atoms with E-state index in [1.807, 2.05) is 11.8 Å². The smallest absolute Gasteiger partial charge is 0.225 e. The molecule has 0 spiro atoms. The molecule has 0 aromatic heterocycles. The van der Waals surface area contributed by atoms with E-state index in [9.17, 15) is 9.59 Å². The van der Waals surface area contributed by atoms with Crippen LogP contribution >= 0.6 is 0 Å². The first kappa shape index (κ1) is 12.4. The molecule has 0 saturated carbocycles. The third-order valence-corrected chi connectivity index (χ3v) is 3.91. The highest BCUT2D eigenvalue weighted by molar-refractivity contribution is 5.85. The molecular weight excluding hydrogens is 218 g/mol. The van der Waals surface area contributed by atoms with Gasteiger partial charge < -0.3 is 16.0 Å². The second kappa shape index (κ2) is 5.04. The summed E-state index contributed by atoms with van der Waals surface area (Å²) in [7, 11) is 0. The predicted octanol–water partition coefficient (Wildman–Crippen LogP) is -0.292. The quantitative estimate of drug-likeness (QED) is 0.710. The lowest BCUT2D eigenvalue weighted by Gasteiger charge is -2.37. The average molecular weight is 239 g/mol. The molecule has 0 aliphatic carbocycles. The van der Waals surface area contributed by atoms with Crippen LogP contribution in [0.5, 0.6) is 0 Å². The van der Waals surface area contributed by atoms with Crippen LogP contribution < -0.4 is 11.1 Å². The van der Waals surface area contributed by atoms with Gasteiger partial charge in [-0.25, -0.2) is 0 Å². The van der Waals surface area contributed by atoms with Crippen LogP contribution in [-0.2, 0) is 9.59 Å². The third-order valence-electron chi connectivity index (χ3n) is 3.91. The van der Waals surface area contributed by atoms with Gasteiger partial charge in [0.15, 0.2) is 0 Å². The highest BCUT2D eigenvalue weighted by Gasteiger charge is 2.43. The Labute approximate surface area is 102 Å². The molecule has 2 aliphatic heterocycles. The first-order chi connectivity index (χ1) is 8.15. The van der Waals surface area contributed by atoms with Crippen LogP contribution in [0.3, 0.4) is 0 Å². The monoisotopic (exact) mass is 239 g/mol. The van der Waals surface area contributed by atoms with E-state index in [2.05, 4.69) is 5.32 Å². The number of likely N-dealkylation sites (tertiary alicyclic amines) is 1. The van der Waals surface area contributed by atoms with Crippen molar-refractivity contribution in [1.82, 2.24) is 10.2 Å². The van der Waals surface area contributed by atoms with Gasteiger partial charge in [-0.15, -0.1) is 0 Å². The standard InChI is InChI=1S/C12H21N3O2/c1-8(4-5-13)12(17)15-6-2-3-9-10(15)7-14-11(9)16/h8-10H,2-7,13H2,1H3,(H,14,16). The van der Waals surface area contributed by atoms with Gasteiger partial charge in [0.05, 0.1) is 12.0 Å². The van der Waals surface area contributed by atoms with E-state index in [-0.39, 0.29) is 29.7 Å². The molecule has 3 N–H and O–H groups in total. The fraction of sp³-hybridized carbons (Fsp3) is 0.833. The Morgan fingerprint density at radius 3 is 3.12 bits per heavy atom. The molecule has 0 bridgehead atoms. The first-order valence-electron chi connectivity index (χ1n) is 6.43. The Balaban J connectivity index is 2.05. The lowest BCUT2D eigenvalue weighted by atomic mass is 9.90. The molecular formula is C12H21N3O2. The molecule has 2 aliphatic rings. The topological polar surface area (TPSA) is 75.4 Å². The Kier molecular flexibility index (Phi) is 3.66. The van der Waals surface area contributed by atoms with E-state index < -0.39 is 0 Å². The number of hydrogen-bond donors (Lipinski definition) is 2. The van der Waals surface area contributed by atoms with Gasteiger partial charge in [0.25, 0.3) is 0 Å². The van der Waals surface area contributed by atoms with E-state index >= 15 is 0 Å². The van der Waals surface area contributed by atoms with Crippen molar-refractivity contribution in [2.24, 2.45) is 17.6 Å². The van der Waals surface area contributed by atoms with E-state index in [1.54, 1.807) is 0 Å². The average Bonchev–Trinajstić information content (AvgIpc) is 2.71. The molecule has 0 radical (unpaired) electrons. The maximum atomic E-state index is 12.3. The molecule has 3 atom stereocenters. The highest BCUT2D eigenvalue weighted by atomic mass is 16.2. The molecule has 5 heteroatoms. The summed E-state index contributed by atoms with van der Waals surface area (Å²) in [6.45, 7) is 3.85. The van der Waals surface area contributed by atoms with E-state index in [1.165, 1.54) is 0 Å². The van der Waals surface area contributed by atoms with Gasteiger partial charge in [0.2, 0.25) is 11.8 Å². The molecule has 5 nitrogen and oxygen atoms in total. The number of rotatable bonds is 3. The second-order valence-electron chi connectivity index (χ2n) is 5.07. The molecule has 2 rings (SSSR count). The summed E-state index contributed by atoms with van der Waals surface area (Å²) in [5.41, 5.74) is 5.49. The van der Waals surface area contributed by atoms with Crippen molar-refractivity contribution in [1.29, 1.82) is 0 Å². The number of nitrogens with one attached hydrogen (secondary N) is 1. The van der Waals surface area contributed by atoms with E-state index in [0.717, 1.165) is 19.4 Å². The van der Waals surface area contributed by atoms with Crippen molar-refractivity contribution in [3.8, 4) is 0 Å². The number of hydrogen-bond acceptors (Lipinski definition) is 3. The van der Waals surface area contributed by atoms with Gasteiger partial charge in [-0.05, 0) is 25.8 Å². The van der Waals surface area contributed by atoms with E-state index in [4.69, 9.17) is 5.73 Å². The summed E-state index contributed by atoms with van der Waals surface area (Å²) in [5, 5.41) is 2.86. The Bertz CT molecular complexity index is 319. The fourth-order valence-corrected chi connectivity index (χ4v) is 2.88. The Morgan fingerprint density at radius 2 is 2.41 bits per heavy atom. The molecule has 0 aromatic rings. The minimum Gasteiger partial charge on any atom is -0.354 e. The van der Waals surface area contributed by atoms with Crippen molar-refractivity contribution >= 4 is 11.8 Å². The molecule has 2 heterocycles. The first-order valence-corrected chi connectivity index (χ1v) is 6.43. The minimum atomic E-state index is -0.0329. The minimum absolute atomic E-state index is 0.0118. The van der Waals surface area contributed by atoms with Crippen LogP contribution in [0.1, 0.15) is 26.2 Å². The summed E-state index contributed by atoms with van der Waals surface area (Å²) in [6, 6.07) is 0.0731. The zero-order chi connectivity index (χ0) is 12.4. The third kappa shape index (κ3) is 2.29. The number of fused-ring (bicyclic) bond motifs is 1. The maximum Gasteiger partial charge on any atom is 0.225 e. The van der Waals surface area contributed by atoms with Crippen molar-refractivity contribution in [2.75, 3.05) is 19.6 Å². The van der Waals surface area contributed by atoms with Gasteiger partial charge in [0.1, 0.15) is 0 Å². The maximum absolute atomic E-state index is 12.3. The zero-order valence-electron chi connectivity index (χ0n) is 10.3. The lowest BCUT2D eigenvalue weighted by Crippen LogP contribution is -2.50. The van der Waals surface area contributed by atoms with Crippen LogP contribution in [0.2, 0.25) is 0 Å². The van der Waals surface area contributed by atoms with Gasteiger partial charge in [-0.3, -0.25) is 9.59 Å². The summed E-state index contributed by atoms with van der Waals surface area (Å²) in [5.74, 6) is 0.243. The van der Waals surface area contributed by atoms with Gasteiger partial charge in [-0.2, -0.15) is 0 Å². The van der Waals surface area contributed by atoms with Crippen LogP contribution in [0.25, 0.3) is 0 Å². The molecule has 96 valence electrons. The molecule has 0 aromatic carbocycles. The molecule has 17 heavy (non-hydrogen) atoms. The van der Waals surface area contributed by atoms with Gasteiger partial charge in [-0.1, -0.05) is 6.92 Å². The lowest BCUT2D eigenvalue weighted by molar-refractivity contribution is -0.140. The predicted molar refractivity (Wildman–Crippen MR) is 64.1 cm³/mol. The number of carbonyl (C=O) groups excluding carboxylic acids is 2. The SMILES string of the molecule is CC(CCN)C(=O)N1CCCC2C(=O)NCC21. The van der Waals surface area contributed by atoms with Gasteiger partial charge in [0, 0.05) is 19.0 Å². The molecule has 2 amide bonds. The second-order valence-corrected chi connectivity index (χ2v) is 5.07. The normalized spacial score (nSPS) is 29.8. The van der Waals surface area contributed by atoms with Crippen LogP contribution in [0, 0.1) is 11.8 Å². The van der Waals surface area contributed by atoms with Crippen LogP contribution in [0.15, 0.2) is 0 Å². The number of nitrogens with two attached hydrogens (primary N) is 1. The van der Waals surface area contributed by atoms with Crippen LogP contribution in [0.4, 0.5) is 0 Å². The number of amides is 2. The number of nitrogens with zero attached hydrogens (tertiary/aromatic N) is 1. The van der Waals surface area contributed by atoms with Crippen molar-refractivity contribution in [3.05, 3.63) is 0 Å². The molecule has 3 unspecified atom stereocenters. The Morgan fingerprint density at radius 1 is 1.65 bits per heavy atom. The summed E-state index contributed by atoms with van der Waals surface area (Å²) >= 11 is 0. The molecule has 2 saturated heterocycles. The Hall–Kier alpha value is -1.10. The highest BCUT2D eigenvalue weighted by Crippen LogP contribution is 2.28. The fourth-order valence-electron chi connectivity index (χ4n) is 2.88. The van der Waals surface area contributed by atoms with E-state index in [0.29, 0.717) is 19.5 Å². The summed E-state index contributed by atoms with van der Waals surface area (Å²) in [6.07, 6.45) is 2.55.